The van der Waals surface area contributed by atoms with Crippen LogP contribution in [0.4, 0.5) is 0 Å². The maximum Gasteiger partial charge on any atom is 0.303 e. The van der Waals surface area contributed by atoms with Crippen LogP contribution in [0.15, 0.2) is 82.4 Å². The standard InChI is InChI=1S/C28H28BrNO4S/c29-26-17-22(31)18-27(32-19-21-9-3-1-4-10-21)28(26,33-16-15-30-13-7-2-8-14-30)34-24-20-35-25-12-6-5-11-23(24)25/h1,3-6,9-12,17-18,20H,2,7-8,13-16,19H2. The highest BCUT2D eigenvalue weighted by Crippen LogP contribution is 2.43. The molecule has 2 heterocycles. The average Bonchev–Trinajstić information content (AvgIpc) is 3.29. The fraction of sp³-hybridized carbons (Fsp3) is 0.321. The van der Waals surface area contributed by atoms with Crippen molar-refractivity contribution in [2.75, 3.05) is 26.2 Å². The van der Waals surface area contributed by atoms with Gasteiger partial charge in [-0.1, -0.05) is 48.9 Å². The Morgan fingerprint density at radius 3 is 2.57 bits per heavy atom. The number of hydrogen-bond acceptors (Lipinski definition) is 6. The van der Waals surface area contributed by atoms with Gasteiger partial charge in [0, 0.05) is 34.2 Å². The predicted molar refractivity (Wildman–Crippen MR) is 143 cm³/mol. The third-order valence-corrected chi connectivity index (χ3v) is 7.97. The van der Waals surface area contributed by atoms with Crippen LogP contribution < -0.4 is 4.74 Å². The second-order valence-corrected chi connectivity index (χ2v) is 10.5. The lowest BCUT2D eigenvalue weighted by atomic mass is 10.1. The van der Waals surface area contributed by atoms with Gasteiger partial charge in [0.15, 0.2) is 11.5 Å². The van der Waals surface area contributed by atoms with Crippen molar-refractivity contribution >= 4 is 43.1 Å². The molecule has 5 nitrogen and oxygen atoms in total. The molecule has 1 atom stereocenters. The van der Waals surface area contributed by atoms with Gasteiger partial charge in [-0.05, 0) is 59.6 Å². The van der Waals surface area contributed by atoms with E-state index in [1.807, 2.05) is 53.9 Å². The highest BCUT2D eigenvalue weighted by Gasteiger charge is 2.47. The minimum absolute atomic E-state index is 0.172. The number of nitrogens with zero attached hydrogens (tertiary/aromatic N) is 1. The van der Waals surface area contributed by atoms with E-state index in [1.54, 1.807) is 11.3 Å². The Balaban J connectivity index is 1.45. The van der Waals surface area contributed by atoms with E-state index in [9.17, 15) is 4.79 Å². The lowest BCUT2D eigenvalue weighted by molar-refractivity contribution is -0.155. The van der Waals surface area contributed by atoms with Gasteiger partial charge in [-0.25, -0.2) is 0 Å². The van der Waals surface area contributed by atoms with Crippen molar-refractivity contribution in [2.24, 2.45) is 0 Å². The molecule has 2 aliphatic rings. The molecule has 1 aliphatic carbocycles. The van der Waals surface area contributed by atoms with E-state index in [0.29, 0.717) is 29.2 Å². The fourth-order valence-corrected chi connectivity index (χ4v) is 5.91. The van der Waals surface area contributed by atoms with Gasteiger partial charge in [-0.3, -0.25) is 4.79 Å². The topological polar surface area (TPSA) is 48.0 Å². The Morgan fingerprint density at radius 1 is 0.971 bits per heavy atom. The van der Waals surface area contributed by atoms with Crippen LogP contribution in [-0.4, -0.2) is 42.7 Å². The van der Waals surface area contributed by atoms with Crippen molar-refractivity contribution in [3.63, 3.8) is 0 Å². The minimum Gasteiger partial charge on any atom is -0.486 e. The Hall–Kier alpha value is -2.45. The van der Waals surface area contributed by atoms with Crippen LogP contribution in [0.5, 0.6) is 5.75 Å². The van der Waals surface area contributed by atoms with Crippen LogP contribution >= 0.6 is 27.3 Å². The molecule has 1 aliphatic heterocycles. The second kappa shape index (κ2) is 11.1. The molecule has 0 amide bonds. The van der Waals surface area contributed by atoms with Crippen LogP contribution in [-0.2, 0) is 20.9 Å². The molecular formula is C28H28BrNO4S. The van der Waals surface area contributed by atoms with Crippen LogP contribution in [0.3, 0.4) is 0 Å². The number of likely N-dealkylation sites (tertiary alicyclic amines) is 1. The Kier molecular flexibility index (Phi) is 7.68. The summed E-state index contributed by atoms with van der Waals surface area (Å²) in [6.07, 6.45) is 6.69. The largest absolute Gasteiger partial charge is 0.486 e. The zero-order valence-electron chi connectivity index (χ0n) is 19.5. The summed E-state index contributed by atoms with van der Waals surface area (Å²) in [5, 5.41) is 2.97. The molecule has 0 N–H and O–H groups in total. The van der Waals surface area contributed by atoms with Crippen LogP contribution in [0.2, 0.25) is 0 Å². The van der Waals surface area contributed by atoms with Gasteiger partial charge in [-0.15, -0.1) is 11.3 Å². The normalized spacial score (nSPS) is 21.0. The SMILES string of the molecule is O=C1C=C(Br)C(OCCN2CCCCC2)(Oc2csc3ccccc23)C(OCc2ccccc2)=C1. The first-order chi connectivity index (χ1) is 17.1. The van der Waals surface area contributed by atoms with E-state index < -0.39 is 5.79 Å². The zero-order chi connectivity index (χ0) is 24.1. The van der Waals surface area contributed by atoms with E-state index >= 15 is 0 Å². The summed E-state index contributed by atoms with van der Waals surface area (Å²) in [7, 11) is 0. The van der Waals surface area contributed by atoms with Crippen LogP contribution in [0.1, 0.15) is 24.8 Å². The Morgan fingerprint density at radius 2 is 1.74 bits per heavy atom. The summed E-state index contributed by atoms with van der Waals surface area (Å²) in [5.41, 5.74) is 0.995. The number of ketones is 1. The van der Waals surface area contributed by atoms with Gasteiger partial charge >= 0.3 is 5.79 Å². The third-order valence-electron chi connectivity index (χ3n) is 6.28. The maximum atomic E-state index is 12.5. The first kappa shape index (κ1) is 24.3. The highest BCUT2D eigenvalue weighted by atomic mass is 79.9. The summed E-state index contributed by atoms with van der Waals surface area (Å²) in [4.78, 5) is 15.0. The lowest BCUT2D eigenvalue weighted by Crippen LogP contribution is -2.46. The molecule has 182 valence electrons. The fourth-order valence-electron chi connectivity index (χ4n) is 4.43. The molecule has 1 aromatic heterocycles. The molecule has 1 unspecified atom stereocenters. The smallest absolute Gasteiger partial charge is 0.303 e. The van der Waals surface area contributed by atoms with E-state index in [0.717, 1.165) is 35.3 Å². The lowest BCUT2D eigenvalue weighted by Gasteiger charge is -2.37. The molecule has 3 aromatic rings. The number of thiophene rings is 1. The zero-order valence-corrected chi connectivity index (χ0v) is 21.9. The second-order valence-electron chi connectivity index (χ2n) is 8.74. The van der Waals surface area contributed by atoms with E-state index in [1.165, 1.54) is 31.4 Å². The molecule has 2 aromatic carbocycles. The van der Waals surface area contributed by atoms with Gasteiger partial charge in [-0.2, -0.15) is 0 Å². The molecule has 0 radical (unpaired) electrons. The number of carbonyl (C=O) groups is 1. The molecule has 0 spiro atoms. The van der Waals surface area contributed by atoms with Crippen molar-refractivity contribution in [1.82, 2.24) is 4.90 Å². The van der Waals surface area contributed by atoms with Crippen molar-refractivity contribution in [1.29, 1.82) is 0 Å². The predicted octanol–water partition coefficient (Wildman–Crippen LogP) is 6.44. The van der Waals surface area contributed by atoms with Gasteiger partial charge in [0.05, 0.1) is 11.1 Å². The number of rotatable bonds is 9. The maximum absolute atomic E-state index is 12.5. The molecule has 1 fully saturated rings. The first-order valence-electron chi connectivity index (χ1n) is 12.0. The number of allylic oxidation sites excluding steroid dienone is 2. The van der Waals surface area contributed by atoms with E-state index in [-0.39, 0.29) is 5.78 Å². The van der Waals surface area contributed by atoms with Gasteiger partial charge in [0.25, 0.3) is 0 Å². The molecular weight excluding hydrogens is 526 g/mol. The minimum atomic E-state index is -1.39. The van der Waals surface area contributed by atoms with Gasteiger partial charge in [0.1, 0.15) is 12.4 Å². The number of ether oxygens (including phenoxy) is 3. The molecule has 5 rings (SSSR count). The number of hydrogen-bond donors (Lipinski definition) is 0. The first-order valence-corrected chi connectivity index (χ1v) is 13.6. The monoisotopic (exact) mass is 553 g/mol. The van der Waals surface area contributed by atoms with Gasteiger partial charge < -0.3 is 19.1 Å². The van der Waals surface area contributed by atoms with Crippen LogP contribution in [0, 0.1) is 0 Å². The quantitative estimate of drug-likeness (QED) is 0.285. The Labute approximate surface area is 218 Å². The van der Waals surface area contributed by atoms with Gasteiger partial charge in [0.2, 0.25) is 0 Å². The number of fused-ring (bicyclic) bond motifs is 1. The molecule has 0 bridgehead atoms. The molecule has 1 saturated heterocycles. The summed E-state index contributed by atoms with van der Waals surface area (Å²) in [5.74, 6) is -0.524. The molecule has 0 saturated carbocycles. The summed E-state index contributed by atoms with van der Waals surface area (Å²) in [6.45, 7) is 3.68. The highest BCUT2D eigenvalue weighted by molar-refractivity contribution is 9.11. The number of carbonyl (C=O) groups excluding carboxylic acids is 1. The van der Waals surface area contributed by atoms with E-state index in [4.69, 9.17) is 14.2 Å². The van der Waals surface area contributed by atoms with Crippen molar-refractivity contribution in [2.45, 2.75) is 31.7 Å². The summed E-state index contributed by atoms with van der Waals surface area (Å²) in [6, 6.07) is 18.0. The number of halogens is 1. The molecule has 7 heteroatoms. The third kappa shape index (κ3) is 5.54. The number of piperidine rings is 1. The van der Waals surface area contributed by atoms with Crippen LogP contribution in [0.25, 0.3) is 10.1 Å². The Bertz CT molecular complexity index is 1230. The summed E-state index contributed by atoms with van der Waals surface area (Å²) >= 11 is 5.22. The summed E-state index contributed by atoms with van der Waals surface area (Å²) < 4.78 is 21.0. The molecule has 35 heavy (non-hydrogen) atoms. The van der Waals surface area contributed by atoms with Crippen molar-refractivity contribution < 1.29 is 19.0 Å². The average molecular weight is 555 g/mol. The van der Waals surface area contributed by atoms with Crippen molar-refractivity contribution in [3.8, 4) is 5.75 Å². The van der Waals surface area contributed by atoms with Crippen molar-refractivity contribution in [3.05, 3.63) is 87.9 Å². The van der Waals surface area contributed by atoms with E-state index in [2.05, 4.69) is 26.9 Å². The number of benzene rings is 2.